The number of ether oxygens (including phenoxy) is 2. The molecular weight excluding hydrogens is 298 g/mol. The Bertz CT molecular complexity index is 731. The SMILES string of the molecule is COC(=O)c1c[nH]nc(-c2ccccc2OCC(F)F)c1=O. The second-order valence-electron chi connectivity index (χ2n) is 4.17. The van der Waals surface area contributed by atoms with Gasteiger partial charge in [0.2, 0.25) is 5.43 Å². The normalized spacial score (nSPS) is 10.5. The van der Waals surface area contributed by atoms with Crippen molar-refractivity contribution < 1.29 is 23.0 Å². The van der Waals surface area contributed by atoms with E-state index in [2.05, 4.69) is 14.9 Å². The van der Waals surface area contributed by atoms with Crippen molar-refractivity contribution in [3.8, 4) is 17.0 Å². The molecule has 0 bridgehead atoms. The fraction of sp³-hybridized carbons (Fsp3) is 0.214. The number of para-hydroxylation sites is 1. The van der Waals surface area contributed by atoms with Crippen LogP contribution in [-0.2, 0) is 4.74 Å². The van der Waals surface area contributed by atoms with E-state index in [0.717, 1.165) is 13.3 Å². The minimum absolute atomic E-state index is 0.0721. The van der Waals surface area contributed by atoms with Crippen LogP contribution in [0.5, 0.6) is 5.75 Å². The maximum Gasteiger partial charge on any atom is 0.343 e. The third kappa shape index (κ3) is 3.27. The van der Waals surface area contributed by atoms with Gasteiger partial charge in [0.25, 0.3) is 6.43 Å². The van der Waals surface area contributed by atoms with Gasteiger partial charge in [0.05, 0.1) is 7.11 Å². The molecule has 116 valence electrons. The summed E-state index contributed by atoms with van der Waals surface area (Å²) in [5.74, 6) is -0.751. The topological polar surface area (TPSA) is 81.3 Å². The van der Waals surface area contributed by atoms with Crippen molar-refractivity contribution in [1.29, 1.82) is 0 Å². The molecule has 8 heteroatoms. The van der Waals surface area contributed by atoms with Gasteiger partial charge in [0, 0.05) is 11.8 Å². The van der Waals surface area contributed by atoms with Gasteiger partial charge < -0.3 is 9.47 Å². The lowest BCUT2D eigenvalue weighted by Gasteiger charge is -2.10. The van der Waals surface area contributed by atoms with Crippen LogP contribution < -0.4 is 10.2 Å². The van der Waals surface area contributed by atoms with Gasteiger partial charge in [-0.1, -0.05) is 12.1 Å². The molecule has 22 heavy (non-hydrogen) atoms. The molecule has 2 aromatic rings. The van der Waals surface area contributed by atoms with E-state index >= 15 is 0 Å². The van der Waals surface area contributed by atoms with Gasteiger partial charge in [-0.3, -0.25) is 9.89 Å². The highest BCUT2D eigenvalue weighted by Crippen LogP contribution is 2.26. The number of halogens is 2. The molecule has 1 aromatic heterocycles. The average Bonchev–Trinajstić information content (AvgIpc) is 2.53. The number of aromatic amines is 1. The fourth-order valence-electron chi connectivity index (χ4n) is 1.79. The first-order valence-electron chi connectivity index (χ1n) is 6.21. The van der Waals surface area contributed by atoms with Gasteiger partial charge in [0.1, 0.15) is 23.6 Å². The molecular formula is C14H12F2N2O4. The number of methoxy groups -OCH3 is 1. The van der Waals surface area contributed by atoms with Crippen molar-refractivity contribution >= 4 is 5.97 Å². The maximum absolute atomic E-state index is 12.3. The largest absolute Gasteiger partial charge is 0.487 e. The summed E-state index contributed by atoms with van der Waals surface area (Å²) >= 11 is 0. The lowest BCUT2D eigenvalue weighted by molar-refractivity contribution is 0.0598. The number of aromatic nitrogens is 2. The summed E-state index contributed by atoms with van der Waals surface area (Å²) < 4.78 is 34.0. The molecule has 0 unspecified atom stereocenters. The van der Waals surface area contributed by atoms with Gasteiger partial charge in [-0.25, -0.2) is 13.6 Å². The summed E-state index contributed by atoms with van der Waals surface area (Å²) in [5.41, 5.74) is -0.835. The standard InChI is InChI=1S/C14H12F2N2O4/c1-21-14(20)9-6-17-18-12(13(9)19)8-4-2-3-5-10(8)22-7-11(15)16/h2-6,11H,7H2,1H3,(H,17,19). The fourth-order valence-corrected chi connectivity index (χ4v) is 1.79. The number of carbonyl (C=O) groups excluding carboxylic acids is 1. The van der Waals surface area contributed by atoms with E-state index in [9.17, 15) is 18.4 Å². The molecule has 1 aromatic carbocycles. The van der Waals surface area contributed by atoms with E-state index < -0.39 is 24.4 Å². The number of carbonyl (C=O) groups is 1. The molecule has 0 aliphatic rings. The molecule has 2 rings (SSSR count). The van der Waals surface area contributed by atoms with Crippen molar-refractivity contribution in [3.05, 3.63) is 46.2 Å². The van der Waals surface area contributed by atoms with Crippen LogP contribution in [0.4, 0.5) is 8.78 Å². The van der Waals surface area contributed by atoms with E-state index in [-0.39, 0.29) is 22.6 Å². The molecule has 0 radical (unpaired) electrons. The smallest absolute Gasteiger partial charge is 0.343 e. The van der Waals surface area contributed by atoms with Gasteiger partial charge in [-0.2, -0.15) is 5.10 Å². The highest BCUT2D eigenvalue weighted by atomic mass is 19.3. The Labute approximate surface area is 123 Å². The van der Waals surface area contributed by atoms with E-state index in [1.165, 1.54) is 12.1 Å². The summed E-state index contributed by atoms with van der Waals surface area (Å²) in [4.78, 5) is 23.8. The first kappa shape index (κ1) is 15.6. The highest BCUT2D eigenvalue weighted by molar-refractivity contribution is 5.90. The van der Waals surface area contributed by atoms with Crippen molar-refractivity contribution in [3.63, 3.8) is 0 Å². The second-order valence-corrected chi connectivity index (χ2v) is 4.17. The molecule has 0 spiro atoms. The first-order valence-corrected chi connectivity index (χ1v) is 6.21. The molecule has 1 heterocycles. The highest BCUT2D eigenvalue weighted by Gasteiger charge is 2.18. The summed E-state index contributed by atoms with van der Waals surface area (Å²) in [6.07, 6.45) is -1.54. The zero-order chi connectivity index (χ0) is 16.1. The van der Waals surface area contributed by atoms with Crippen LogP contribution in [0.15, 0.2) is 35.3 Å². The van der Waals surface area contributed by atoms with Crippen LogP contribution in [0.3, 0.4) is 0 Å². The molecule has 0 aliphatic carbocycles. The Morgan fingerprint density at radius 2 is 2.09 bits per heavy atom. The average molecular weight is 310 g/mol. The van der Waals surface area contributed by atoms with Crippen LogP contribution in [0.1, 0.15) is 10.4 Å². The lowest BCUT2D eigenvalue weighted by atomic mass is 10.1. The summed E-state index contributed by atoms with van der Waals surface area (Å²) in [5, 5.41) is 6.22. The summed E-state index contributed by atoms with van der Waals surface area (Å²) in [7, 11) is 1.14. The van der Waals surface area contributed by atoms with E-state index in [4.69, 9.17) is 4.74 Å². The summed E-state index contributed by atoms with van der Waals surface area (Å²) in [6.45, 7) is -0.814. The third-order valence-corrected chi connectivity index (χ3v) is 2.76. The predicted octanol–water partition coefficient (Wildman–Crippen LogP) is 1.87. The number of hydrogen-bond acceptors (Lipinski definition) is 5. The minimum atomic E-state index is -2.65. The monoisotopic (exact) mass is 310 g/mol. The Morgan fingerprint density at radius 3 is 2.77 bits per heavy atom. The Kier molecular flexibility index (Phi) is 4.82. The lowest BCUT2D eigenvalue weighted by Crippen LogP contribution is -2.20. The number of esters is 1. The first-order chi connectivity index (χ1) is 10.5. The van der Waals surface area contributed by atoms with E-state index in [0.29, 0.717) is 0 Å². The van der Waals surface area contributed by atoms with Crippen molar-refractivity contribution in [2.45, 2.75) is 6.43 Å². The Balaban J connectivity index is 2.49. The molecule has 0 fully saturated rings. The van der Waals surface area contributed by atoms with Crippen LogP contribution in [0.25, 0.3) is 11.3 Å². The van der Waals surface area contributed by atoms with Gasteiger partial charge in [-0.15, -0.1) is 0 Å². The zero-order valence-corrected chi connectivity index (χ0v) is 11.5. The number of benzene rings is 1. The van der Waals surface area contributed by atoms with Gasteiger partial charge in [0.15, 0.2) is 0 Å². The summed E-state index contributed by atoms with van der Waals surface area (Å²) in [6, 6.07) is 6.09. The molecule has 0 saturated carbocycles. The molecule has 0 atom stereocenters. The van der Waals surface area contributed by atoms with Gasteiger partial charge >= 0.3 is 5.97 Å². The van der Waals surface area contributed by atoms with Crippen LogP contribution in [0, 0.1) is 0 Å². The molecule has 0 saturated heterocycles. The van der Waals surface area contributed by atoms with E-state index in [1.54, 1.807) is 12.1 Å². The molecule has 0 aliphatic heterocycles. The van der Waals surface area contributed by atoms with Crippen LogP contribution in [-0.4, -0.2) is 36.3 Å². The van der Waals surface area contributed by atoms with Crippen molar-refractivity contribution in [1.82, 2.24) is 10.2 Å². The third-order valence-electron chi connectivity index (χ3n) is 2.76. The minimum Gasteiger partial charge on any atom is -0.487 e. The molecule has 0 amide bonds. The Hall–Kier alpha value is -2.77. The van der Waals surface area contributed by atoms with E-state index in [1.807, 2.05) is 0 Å². The number of H-pyrrole nitrogens is 1. The number of alkyl halides is 2. The number of nitrogens with zero attached hydrogens (tertiary/aromatic N) is 1. The van der Waals surface area contributed by atoms with Crippen LogP contribution in [0.2, 0.25) is 0 Å². The zero-order valence-electron chi connectivity index (χ0n) is 11.5. The van der Waals surface area contributed by atoms with Crippen LogP contribution >= 0.6 is 0 Å². The number of nitrogens with one attached hydrogen (secondary N) is 1. The molecule has 6 nitrogen and oxygen atoms in total. The Morgan fingerprint density at radius 1 is 1.36 bits per heavy atom. The second kappa shape index (κ2) is 6.79. The number of rotatable bonds is 5. The van der Waals surface area contributed by atoms with Gasteiger partial charge in [-0.05, 0) is 12.1 Å². The predicted molar refractivity (Wildman–Crippen MR) is 73.1 cm³/mol. The van der Waals surface area contributed by atoms with Crippen molar-refractivity contribution in [2.24, 2.45) is 0 Å². The number of hydrogen-bond donors (Lipinski definition) is 1. The quantitative estimate of drug-likeness (QED) is 0.853. The molecule has 1 N–H and O–H groups in total. The maximum atomic E-state index is 12.3. The van der Waals surface area contributed by atoms with Crippen molar-refractivity contribution in [2.75, 3.05) is 13.7 Å².